The van der Waals surface area contributed by atoms with Gasteiger partial charge >= 0.3 is 0 Å². The number of hydrogen-bond acceptors (Lipinski definition) is 4. The first-order valence-electron chi connectivity index (χ1n) is 13.6. The highest BCUT2D eigenvalue weighted by Gasteiger charge is 2.15. The maximum Gasteiger partial charge on any atom is 0.222 e. The number of nitrogens with zero attached hydrogens (tertiary/aromatic N) is 2. The van der Waals surface area contributed by atoms with Crippen LogP contribution in [-0.2, 0) is 24.3 Å². The zero-order valence-corrected chi connectivity index (χ0v) is 21.3. The van der Waals surface area contributed by atoms with Crippen LogP contribution in [0.25, 0.3) is 32.3 Å². The molecule has 2 heterocycles. The predicted molar refractivity (Wildman–Crippen MR) is 152 cm³/mol. The molecule has 5 nitrogen and oxygen atoms in total. The fourth-order valence-corrected chi connectivity index (χ4v) is 5.73. The Bertz CT molecular complexity index is 1510. The third kappa shape index (κ3) is 5.15. The normalized spacial score (nSPS) is 15.5. The van der Waals surface area contributed by atoms with E-state index < -0.39 is 0 Å². The summed E-state index contributed by atoms with van der Waals surface area (Å²) in [6, 6.07) is 26.2. The summed E-state index contributed by atoms with van der Waals surface area (Å²) >= 11 is 0. The van der Waals surface area contributed by atoms with E-state index in [2.05, 4.69) is 83.4 Å². The Labute approximate surface area is 218 Å². The van der Waals surface area contributed by atoms with Crippen LogP contribution in [0.1, 0.15) is 36.2 Å². The van der Waals surface area contributed by atoms with E-state index in [1.165, 1.54) is 37.9 Å². The Balaban J connectivity index is 1.11. The number of carbonyl (C=O) groups is 1. The summed E-state index contributed by atoms with van der Waals surface area (Å²) < 4.78 is 0. The average Bonchev–Trinajstić information content (AvgIpc) is 2.94. The van der Waals surface area contributed by atoms with Gasteiger partial charge in [-0.15, -0.1) is 0 Å². The van der Waals surface area contributed by atoms with E-state index in [9.17, 15) is 4.79 Å². The molecule has 1 amide bonds. The van der Waals surface area contributed by atoms with E-state index in [0.717, 1.165) is 69.9 Å². The van der Waals surface area contributed by atoms with Crippen molar-refractivity contribution in [1.82, 2.24) is 20.5 Å². The van der Waals surface area contributed by atoms with Gasteiger partial charge in [0.15, 0.2) is 0 Å². The quantitative estimate of drug-likeness (QED) is 0.331. The molecular weight excluding hydrogens is 456 g/mol. The van der Waals surface area contributed by atoms with Crippen molar-refractivity contribution in [3.05, 3.63) is 89.7 Å². The van der Waals surface area contributed by atoms with Crippen molar-refractivity contribution in [2.24, 2.45) is 0 Å². The molecule has 0 radical (unpaired) electrons. The van der Waals surface area contributed by atoms with Crippen LogP contribution in [0.3, 0.4) is 0 Å². The van der Waals surface area contributed by atoms with Crippen LogP contribution in [0, 0.1) is 0 Å². The van der Waals surface area contributed by atoms with Gasteiger partial charge in [0.25, 0.3) is 0 Å². The number of fused-ring (bicyclic) bond motifs is 2. The van der Waals surface area contributed by atoms with Crippen molar-refractivity contribution in [2.75, 3.05) is 26.2 Å². The molecule has 1 aromatic heterocycles. The Morgan fingerprint density at radius 2 is 1.43 bits per heavy atom. The molecule has 6 rings (SSSR count). The molecular formula is C32H34N4O. The number of hydrogen-bond donors (Lipinski definition) is 2. The molecule has 0 unspecified atom stereocenters. The van der Waals surface area contributed by atoms with Crippen molar-refractivity contribution in [2.45, 2.75) is 38.8 Å². The summed E-state index contributed by atoms with van der Waals surface area (Å²) in [6.45, 7) is 4.67. The van der Waals surface area contributed by atoms with Crippen molar-refractivity contribution in [3.8, 4) is 0 Å². The van der Waals surface area contributed by atoms with Crippen molar-refractivity contribution in [1.29, 1.82) is 0 Å². The lowest BCUT2D eigenvalue weighted by molar-refractivity contribution is -0.131. The molecule has 188 valence electrons. The van der Waals surface area contributed by atoms with Crippen LogP contribution < -0.4 is 10.6 Å². The summed E-state index contributed by atoms with van der Waals surface area (Å²) in [6.07, 6.45) is 3.30. The second-order valence-electron chi connectivity index (χ2n) is 10.1. The monoisotopic (exact) mass is 490 g/mol. The minimum Gasteiger partial charge on any atom is -0.341 e. The second kappa shape index (κ2) is 10.8. The molecule has 2 N–H and O–H groups in total. The fourth-order valence-electron chi connectivity index (χ4n) is 5.73. The standard InChI is InChI=1S/C32H34N4O/c37-30(36-19-4-17-33-21-27-8-3-9-28(35-27)22-34-18-20-36)10-2-5-23-11-12-26-14-13-24-6-1-7-25-15-16-29(23)32(26)31(24)25/h1,3,6-9,11-16,33-34H,2,4-5,10,17-22H2. The lowest BCUT2D eigenvalue weighted by Crippen LogP contribution is -2.38. The van der Waals surface area contributed by atoms with Crippen molar-refractivity contribution in [3.63, 3.8) is 0 Å². The maximum absolute atomic E-state index is 13.2. The van der Waals surface area contributed by atoms with Crippen LogP contribution in [0.4, 0.5) is 0 Å². The summed E-state index contributed by atoms with van der Waals surface area (Å²) in [4.78, 5) is 20.0. The zero-order valence-electron chi connectivity index (χ0n) is 21.3. The van der Waals surface area contributed by atoms with E-state index in [1.54, 1.807) is 0 Å². The van der Waals surface area contributed by atoms with Crippen LogP contribution in [0.15, 0.2) is 72.8 Å². The number of carbonyl (C=O) groups excluding carboxylic acids is 1. The Morgan fingerprint density at radius 1 is 0.757 bits per heavy atom. The molecule has 37 heavy (non-hydrogen) atoms. The highest BCUT2D eigenvalue weighted by molar-refractivity contribution is 6.23. The van der Waals surface area contributed by atoms with Crippen LogP contribution in [0.2, 0.25) is 0 Å². The molecule has 4 aromatic carbocycles. The smallest absolute Gasteiger partial charge is 0.222 e. The van der Waals surface area contributed by atoms with E-state index >= 15 is 0 Å². The van der Waals surface area contributed by atoms with Crippen LogP contribution in [-0.4, -0.2) is 42.0 Å². The molecule has 5 aromatic rings. The number of aryl methyl sites for hydroxylation is 1. The van der Waals surface area contributed by atoms with Crippen molar-refractivity contribution < 1.29 is 4.79 Å². The molecule has 0 fully saturated rings. The number of rotatable bonds is 4. The number of nitrogens with one attached hydrogen (secondary N) is 2. The van der Waals surface area contributed by atoms with E-state index in [-0.39, 0.29) is 5.91 Å². The first-order chi connectivity index (χ1) is 18.3. The topological polar surface area (TPSA) is 57.3 Å². The number of benzene rings is 4. The van der Waals surface area contributed by atoms with Crippen molar-refractivity contribution >= 4 is 38.2 Å². The molecule has 1 aliphatic rings. The van der Waals surface area contributed by atoms with Gasteiger partial charge in [-0.25, -0.2) is 0 Å². The zero-order chi connectivity index (χ0) is 25.0. The van der Waals surface area contributed by atoms with Crippen LogP contribution >= 0.6 is 0 Å². The molecule has 0 saturated heterocycles. The first-order valence-corrected chi connectivity index (χ1v) is 13.6. The maximum atomic E-state index is 13.2. The van der Waals surface area contributed by atoms with E-state index in [4.69, 9.17) is 4.98 Å². The molecule has 0 aliphatic carbocycles. The third-order valence-corrected chi connectivity index (χ3v) is 7.63. The summed E-state index contributed by atoms with van der Waals surface area (Å²) in [5, 5.41) is 14.8. The summed E-state index contributed by atoms with van der Waals surface area (Å²) in [5.41, 5.74) is 3.45. The Kier molecular flexibility index (Phi) is 6.98. The number of aromatic nitrogens is 1. The molecule has 0 spiro atoms. The lowest BCUT2D eigenvalue weighted by Gasteiger charge is -2.23. The first kappa shape index (κ1) is 23.8. The minimum atomic E-state index is 0.257. The summed E-state index contributed by atoms with van der Waals surface area (Å²) in [7, 11) is 0. The second-order valence-corrected chi connectivity index (χ2v) is 10.1. The summed E-state index contributed by atoms with van der Waals surface area (Å²) in [5.74, 6) is 0.257. The van der Waals surface area contributed by atoms with Gasteiger partial charge in [0, 0.05) is 39.1 Å². The number of pyridine rings is 1. The van der Waals surface area contributed by atoms with Gasteiger partial charge in [-0.2, -0.15) is 0 Å². The fraction of sp³-hybridized carbons (Fsp3) is 0.312. The van der Waals surface area contributed by atoms with E-state index in [1.807, 2.05) is 4.90 Å². The van der Waals surface area contributed by atoms with Gasteiger partial charge in [-0.1, -0.05) is 60.7 Å². The van der Waals surface area contributed by atoms with Gasteiger partial charge < -0.3 is 15.5 Å². The SMILES string of the molecule is O=C(CCCc1ccc2ccc3cccc4ccc1c2c34)N1CCCNCc2cccc(n2)CNCC1. The van der Waals surface area contributed by atoms with E-state index in [0.29, 0.717) is 6.42 Å². The highest BCUT2D eigenvalue weighted by Crippen LogP contribution is 2.36. The third-order valence-electron chi connectivity index (χ3n) is 7.63. The van der Waals surface area contributed by atoms with Gasteiger partial charge in [0.1, 0.15) is 0 Å². The minimum absolute atomic E-state index is 0.257. The Hall–Kier alpha value is -3.54. The lowest BCUT2D eigenvalue weighted by atomic mass is 9.90. The molecule has 5 heteroatoms. The largest absolute Gasteiger partial charge is 0.341 e. The van der Waals surface area contributed by atoms with Gasteiger partial charge in [0.2, 0.25) is 5.91 Å². The molecule has 0 saturated carbocycles. The highest BCUT2D eigenvalue weighted by atomic mass is 16.2. The average molecular weight is 491 g/mol. The number of amides is 1. The van der Waals surface area contributed by atoms with Gasteiger partial charge in [-0.05, 0) is 75.8 Å². The Morgan fingerprint density at radius 3 is 2.24 bits per heavy atom. The van der Waals surface area contributed by atoms with Gasteiger partial charge in [-0.3, -0.25) is 9.78 Å². The van der Waals surface area contributed by atoms with Crippen LogP contribution in [0.5, 0.6) is 0 Å². The predicted octanol–water partition coefficient (Wildman–Crippen LogP) is 5.41. The molecule has 1 aliphatic heterocycles. The van der Waals surface area contributed by atoms with Gasteiger partial charge in [0.05, 0.1) is 11.4 Å². The molecule has 0 atom stereocenters. The molecule has 2 bridgehead atoms.